The van der Waals surface area contributed by atoms with Gasteiger partial charge >= 0.3 is 0 Å². The maximum atomic E-state index is 5.51. The number of hydrogen-bond acceptors (Lipinski definition) is 2. The van der Waals surface area contributed by atoms with Crippen molar-refractivity contribution in [3.05, 3.63) is 35.9 Å². The van der Waals surface area contributed by atoms with E-state index in [-0.39, 0.29) is 6.10 Å². The second-order valence-corrected chi connectivity index (χ2v) is 3.27. The van der Waals surface area contributed by atoms with Crippen LogP contribution < -0.4 is 0 Å². The average Bonchev–Trinajstić information content (AvgIpc) is 2.20. The molecule has 0 aliphatic carbocycles. The van der Waals surface area contributed by atoms with Crippen LogP contribution in [0.5, 0.6) is 0 Å². The maximum absolute atomic E-state index is 5.51. The first-order chi connectivity index (χ1) is 6.83. The first kappa shape index (κ1) is 11.2. The molecular weight excluding hydrogens is 176 g/mol. The van der Waals surface area contributed by atoms with E-state index in [9.17, 15) is 0 Å². The molecule has 0 saturated heterocycles. The first-order valence-electron chi connectivity index (χ1n) is 5.06. The van der Waals surface area contributed by atoms with E-state index in [2.05, 4.69) is 12.1 Å². The van der Waals surface area contributed by atoms with Gasteiger partial charge in [-0.2, -0.15) is 0 Å². The molecule has 0 heterocycles. The van der Waals surface area contributed by atoms with Gasteiger partial charge in [0.05, 0.1) is 19.3 Å². The second kappa shape index (κ2) is 6.57. The topological polar surface area (TPSA) is 18.5 Å². The van der Waals surface area contributed by atoms with E-state index in [0.29, 0.717) is 13.2 Å². The highest BCUT2D eigenvalue weighted by Crippen LogP contribution is 2.01. The first-order valence-corrected chi connectivity index (χ1v) is 5.06. The van der Waals surface area contributed by atoms with Gasteiger partial charge in [-0.15, -0.1) is 0 Å². The highest BCUT2D eigenvalue weighted by atomic mass is 16.5. The number of ether oxygens (including phenoxy) is 2. The smallest absolute Gasteiger partial charge is 0.0780 e. The summed E-state index contributed by atoms with van der Waals surface area (Å²) < 4.78 is 10.9. The minimum atomic E-state index is 0.184. The van der Waals surface area contributed by atoms with Crippen LogP contribution >= 0.6 is 0 Å². The predicted octanol–water partition coefficient (Wildman–Crippen LogP) is 2.63. The number of hydrogen-bond donors (Lipinski definition) is 0. The van der Waals surface area contributed by atoms with Gasteiger partial charge in [0.1, 0.15) is 0 Å². The molecule has 78 valence electrons. The monoisotopic (exact) mass is 194 g/mol. The molecule has 2 nitrogen and oxygen atoms in total. The summed E-state index contributed by atoms with van der Waals surface area (Å²) in [6.07, 6.45) is 0.184. The third-order valence-corrected chi connectivity index (χ3v) is 1.92. The summed E-state index contributed by atoms with van der Waals surface area (Å²) >= 11 is 0. The lowest BCUT2D eigenvalue weighted by Gasteiger charge is -2.11. The SMILES string of the molecule is CCOC(C)COCc1ccccc1. The second-order valence-electron chi connectivity index (χ2n) is 3.27. The Hall–Kier alpha value is -0.860. The van der Waals surface area contributed by atoms with Crippen LogP contribution in [0.4, 0.5) is 0 Å². The van der Waals surface area contributed by atoms with Crippen molar-refractivity contribution >= 4 is 0 Å². The molecule has 1 aromatic carbocycles. The molecule has 14 heavy (non-hydrogen) atoms. The molecular formula is C12H18O2. The molecule has 0 spiro atoms. The fourth-order valence-corrected chi connectivity index (χ4v) is 1.25. The zero-order valence-electron chi connectivity index (χ0n) is 8.90. The lowest BCUT2D eigenvalue weighted by molar-refractivity contribution is -0.00712. The molecule has 0 aliphatic rings. The largest absolute Gasteiger partial charge is 0.376 e. The van der Waals surface area contributed by atoms with E-state index in [4.69, 9.17) is 9.47 Å². The van der Waals surface area contributed by atoms with Crippen molar-refractivity contribution in [3.63, 3.8) is 0 Å². The summed E-state index contributed by atoms with van der Waals surface area (Å²) in [6, 6.07) is 10.2. The summed E-state index contributed by atoms with van der Waals surface area (Å²) in [5.41, 5.74) is 1.20. The van der Waals surface area contributed by atoms with Crippen LogP contribution in [0.3, 0.4) is 0 Å². The average molecular weight is 194 g/mol. The fraction of sp³-hybridized carbons (Fsp3) is 0.500. The van der Waals surface area contributed by atoms with Gasteiger partial charge in [0, 0.05) is 6.61 Å². The van der Waals surface area contributed by atoms with Crippen LogP contribution in [0.2, 0.25) is 0 Å². The minimum Gasteiger partial charge on any atom is -0.376 e. The Labute approximate surface area is 85.8 Å². The number of rotatable bonds is 6. The molecule has 0 aromatic heterocycles. The lowest BCUT2D eigenvalue weighted by atomic mass is 10.2. The molecule has 0 aliphatic heterocycles. The molecule has 0 fully saturated rings. The van der Waals surface area contributed by atoms with Gasteiger partial charge in [0.2, 0.25) is 0 Å². The van der Waals surface area contributed by atoms with Crippen molar-refractivity contribution in [2.24, 2.45) is 0 Å². The molecule has 1 rings (SSSR count). The molecule has 1 atom stereocenters. The van der Waals surface area contributed by atoms with Crippen LogP contribution in [0.25, 0.3) is 0 Å². The van der Waals surface area contributed by atoms with Gasteiger partial charge in [-0.1, -0.05) is 30.3 Å². The Balaban J connectivity index is 2.16. The highest BCUT2D eigenvalue weighted by molar-refractivity contribution is 5.13. The van der Waals surface area contributed by atoms with Crippen LogP contribution in [0.1, 0.15) is 19.4 Å². The van der Waals surface area contributed by atoms with Gasteiger partial charge in [-0.25, -0.2) is 0 Å². The minimum absolute atomic E-state index is 0.184. The van der Waals surface area contributed by atoms with Crippen LogP contribution in [-0.2, 0) is 16.1 Å². The fourth-order valence-electron chi connectivity index (χ4n) is 1.25. The van der Waals surface area contributed by atoms with E-state index >= 15 is 0 Å². The van der Waals surface area contributed by atoms with Crippen molar-refractivity contribution in [2.75, 3.05) is 13.2 Å². The maximum Gasteiger partial charge on any atom is 0.0780 e. The quantitative estimate of drug-likeness (QED) is 0.693. The van der Waals surface area contributed by atoms with E-state index in [1.54, 1.807) is 0 Å². The van der Waals surface area contributed by atoms with Gasteiger partial charge in [-0.3, -0.25) is 0 Å². The molecule has 0 amide bonds. The summed E-state index contributed by atoms with van der Waals surface area (Å²) in [6.45, 7) is 6.08. The molecule has 2 heteroatoms. The van der Waals surface area contributed by atoms with Crippen molar-refractivity contribution < 1.29 is 9.47 Å². The molecule has 1 aromatic rings. The normalized spacial score (nSPS) is 12.7. The third kappa shape index (κ3) is 4.40. The number of benzene rings is 1. The van der Waals surface area contributed by atoms with Crippen molar-refractivity contribution in [1.29, 1.82) is 0 Å². The van der Waals surface area contributed by atoms with Crippen molar-refractivity contribution in [2.45, 2.75) is 26.6 Å². The zero-order chi connectivity index (χ0) is 10.2. The molecule has 0 bridgehead atoms. The Morgan fingerprint density at radius 3 is 2.57 bits per heavy atom. The van der Waals surface area contributed by atoms with E-state index in [0.717, 1.165) is 6.61 Å². The molecule has 0 radical (unpaired) electrons. The van der Waals surface area contributed by atoms with Crippen LogP contribution in [-0.4, -0.2) is 19.3 Å². The molecule has 0 N–H and O–H groups in total. The summed E-state index contributed by atoms with van der Waals surface area (Å²) in [4.78, 5) is 0. The Morgan fingerprint density at radius 2 is 1.93 bits per heavy atom. The Morgan fingerprint density at radius 1 is 1.21 bits per heavy atom. The van der Waals surface area contributed by atoms with Crippen molar-refractivity contribution in [1.82, 2.24) is 0 Å². The van der Waals surface area contributed by atoms with Crippen molar-refractivity contribution in [3.8, 4) is 0 Å². The summed E-state index contributed by atoms with van der Waals surface area (Å²) in [5, 5.41) is 0. The van der Waals surface area contributed by atoms with E-state index in [1.807, 2.05) is 32.0 Å². The molecule has 1 unspecified atom stereocenters. The summed E-state index contributed by atoms with van der Waals surface area (Å²) in [7, 11) is 0. The van der Waals surface area contributed by atoms with Gasteiger partial charge in [0.25, 0.3) is 0 Å². The molecule has 0 saturated carbocycles. The summed E-state index contributed by atoms with van der Waals surface area (Å²) in [5.74, 6) is 0. The Kier molecular flexibility index (Phi) is 5.27. The Bertz CT molecular complexity index is 233. The van der Waals surface area contributed by atoms with E-state index in [1.165, 1.54) is 5.56 Å². The van der Waals surface area contributed by atoms with Crippen LogP contribution in [0.15, 0.2) is 30.3 Å². The van der Waals surface area contributed by atoms with Gasteiger partial charge in [0.15, 0.2) is 0 Å². The zero-order valence-corrected chi connectivity index (χ0v) is 8.90. The standard InChI is InChI=1S/C12H18O2/c1-3-14-11(2)9-13-10-12-7-5-4-6-8-12/h4-8,11H,3,9-10H2,1-2H3. The predicted molar refractivity (Wildman–Crippen MR) is 57.2 cm³/mol. The van der Waals surface area contributed by atoms with E-state index < -0.39 is 0 Å². The van der Waals surface area contributed by atoms with Gasteiger partial charge < -0.3 is 9.47 Å². The van der Waals surface area contributed by atoms with Crippen LogP contribution in [0, 0.1) is 0 Å². The highest BCUT2D eigenvalue weighted by Gasteiger charge is 2.00. The third-order valence-electron chi connectivity index (χ3n) is 1.92. The lowest BCUT2D eigenvalue weighted by Crippen LogP contribution is -2.15. The van der Waals surface area contributed by atoms with Gasteiger partial charge in [-0.05, 0) is 19.4 Å².